The fraction of sp³-hybridized carbons (Fsp3) is 0. The summed E-state index contributed by atoms with van der Waals surface area (Å²) in [5.41, 5.74) is 0.839. The van der Waals surface area contributed by atoms with Gasteiger partial charge >= 0.3 is 5.97 Å². The monoisotopic (exact) mass is 445 g/mol. The highest BCUT2D eigenvalue weighted by molar-refractivity contribution is 14.1. The molecule has 23 heavy (non-hydrogen) atoms. The zero-order valence-electron chi connectivity index (χ0n) is 11.3. The molecule has 0 N–H and O–H groups in total. The zero-order valence-corrected chi connectivity index (χ0v) is 14.2. The van der Waals surface area contributed by atoms with Crippen molar-refractivity contribution in [3.63, 3.8) is 0 Å². The van der Waals surface area contributed by atoms with Gasteiger partial charge in [0, 0.05) is 3.57 Å². The molecule has 0 fully saturated rings. The second-order valence-electron chi connectivity index (χ2n) is 4.63. The summed E-state index contributed by atoms with van der Waals surface area (Å²) >= 11 is 8.02. The Morgan fingerprint density at radius 2 is 1.78 bits per heavy atom. The fourth-order valence-electron chi connectivity index (χ4n) is 1.93. The van der Waals surface area contributed by atoms with Crippen LogP contribution in [0.1, 0.15) is 11.1 Å². The number of hydrogen-bond donors (Lipinski definition) is 0. The smallest absolute Gasteiger partial charge is 0.363 e. The number of carbonyl (C=O) groups excluding carboxylic acids is 1. The van der Waals surface area contributed by atoms with E-state index >= 15 is 0 Å². The van der Waals surface area contributed by atoms with Crippen molar-refractivity contribution in [1.29, 1.82) is 0 Å². The van der Waals surface area contributed by atoms with E-state index < -0.39 is 17.6 Å². The molecule has 0 aliphatic carbocycles. The van der Waals surface area contributed by atoms with Crippen LogP contribution in [0, 0.1) is 15.2 Å². The number of cyclic esters (lactones) is 1. The summed E-state index contributed by atoms with van der Waals surface area (Å²) in [5.74, 6) is -3.02. The van der Waals surface area contributed by atoms with Gasteiger partial charge in [0.2, 0.25) is 5.90 Å². The van der Waals surface area contributed by atoms with Crippen molar-refractivity contribution < 1.29 is 18.3 Å². The van der Waals surface area contributed by atoms with Crippen LogP contribution in [0.25, 0.3) is 6.08 Å². The Morgan fingerprint density at radius 1 is 1.13 bits per heavy atom. The predicted molar refractivity (Wildman–Crippen MR) is 91.1 cm³/mol. The number of carbonyl (C=O) groups is 1. The van der Waals surface area contributed by atoms with E-state index in [9.17, 15) is 13.6 Å². The van der Waals surface area contributed by atoms with Crippen molar-refractivity contribution in [2.45, 2.75) is 0 Å². The van der Waals surface area contributed by atoms with E-state index in [1.54, 1.807) is 6.08 Å². The van der Waals surface area contributed by atoms with Crippen LogP contribution in [0.4, 0.5) is 8.78 Å². The second-order valence-corrected chi connectivity index (χ2v) is 6.29. The molecule has 0 saturated carbocycles. The molecule has 0 aromatic heterocycles. The number of halogens is 4. The van der Waals surface area contributed by atoms with Crippen molar-refractivity contribution in [2.24, 2.45) is 4.99 Å². The summed E-state index contributed by atoms with van der Waals surface area (Å²) in [6, 6.07) is 9.05. The van der Waals surface area contributed by atoms with Crippen molar-refractivity contribution >= 4 is 52.1 Å². The molecule has 2 aromatic carbocycles. The lowest BCUT2D eigenvalue weighted by atomic mass is 10.2. The highest BCUT2D eigenvalue weighted by Gasteiger charge is 2.26. The first-order valence-corrected chi connectivity index (χ1v) is 7.83. The van der Waals surface area contributed by atoms with Gasteiger partial charge in [0.15, 0.2) is 17.3 Å². The van der Waals surface area contributed by atoms with E-state index in [4.69, 9.17) is 16.3 Å². The summed E-state index contributed by atoms with van der Waals surface area (Å²) in [7, 11) is 0. The number of ether oxygens (including phenoxy) is 1. The quantitative estimate of drug-likeness (QED) is 0.294. The number of esters is 1. The van der Waals surface area contributed by atoms with Gasteiger partial charge in [0.05, 0.1) is 10.6 Å². The molecule has 7 heteroatoms. The van der Waals surface area contributed by atoms with Crippen LogP contribution >= 0.6 is 34.2 Å². The Hall–Kier alpha value is -1.80. The lowest BCUT2D eigenvalue weighted by molar-refractivity contribution is -0.129. The van der Waals surface area contributed by atoms with Crippen LogP contribution in [-0.4, -0.2) is 11.9 Å². The van der Waals surface area contributed by atoms with Crippen molar-refractivity contribution in [1.82, 2.24) is 0 Å². The van der Waals surface area contributed by atoms with Gasteiger partial charge < -0.3 is 4.74 Å². The number of benzene rings is 2. The summed E-state index contributed by atoms with van der Waals surface area (Å²) in [6.45, 7) is 0. The van der Waals surface area contributed by atoms with Gasteiger partial charge in [0.25, 0.3) is 0 Å². The van der Waals surface area contributed by atoms with Gasteiger partial charge in [-0.2, -0.15) is 0 Å². The van der Waals surface area contributed by atoms with E-state index in [-0.39, 0.29) is 22.2 Å². The molecule has 3 nitrogen and oxygen atoms in total. The highest BCUT2D eigenvalue weighted by atomic mass is 127. The summed E-state index contributed by atoms with van der Waals surface area (Å²) in [6.07, 6.45) is 1.54. The average Bonchev–Trinajstić information content (AvgIpc) is 2.86. The molecule has 0 amide bonds. The molecule has 0 atom stereocenters. The second kappa shape index (κ2) is 6.37. The lowest BCUT2D eigenvalue weighted by Gasteiger charge is -2.03. The first-order valence-electron chi connectivity index (χ1n) is 6.37. The molecule has 0 saturated heterocycles. The van der Waals surface area contributed by atoms with E-state index in [1.165, 1.54) is 0 Å². The molecule has 116 valence electrons. The average molecular weight is 446 g/mol. The van der Waals surface area contributed by atoms with Crippen LogP contribution in [0.2, 0.25) is 5.02 Å². The number of nitrogens with zero attached hydrogens (tertiary/aromatic N) is 1. The zero-order chi connectivity index (χ0) is 16.6. The standard InChI is InChI=1S/C16H7ClF2INO2/c17-11-7-13(19)12(18)6-10(11)15-21-14(16(22)23-15)5-8-1-3-9(20)4-2-8/h1-7H. The molecule has 0 bridgehead atoms. The molecule has 1 heterocycles. The molecular formula is C16H7ClF2INO2. The summed E-state index contributed by atoms with van der Waals surface area (Å²) in [4.78, 5) is 15.9. The van der Waals surface area contributed by atoms with Crippen LogP contribution in [0.3, 0.4) is 0 Å². The van der Waals surface area contributed by atoms with Crippen LogP contribution in [0.5, 0.6) is 0 Å². The Bertz CT molecular complexity index is 863. The van der Waals surface area contributed by atoms with E-state index in [0.29, 0.717) is 0 Å². The molecular weight excluding hydrogens is 439 g/mol. The lowest BCUT2D eigenvalue weighted by Crippen LogP contribution is -2.07. The largest absolute Gasteiger partial charge is 0.402 e. The minimum Gasteiger partial charge on any atom is -0.402 e. The molecule has 2 aromatic rings. The third-order valence-electron chi connectivity index (χ3n) is 3.03. The maximum absolute atomic E-state index is 13.3. The Balaban J connectivity index is 1.98. The fourth-order valence-corrected chi connectivity index (χ4v) is 2.52. The van der Waals surface area contributed by atoms with Crippen molar-refractivity contribution in [3.05, 3.63) is 73.4 Å². The normalized spacial score (nSPS) is 15.7. The van der Waals surface area contributed by atoms with E-state index in [1.807, 2.05) is 24.3 Å². The maximum Gasteiger partial charge on any atom is 0.363 e. The van der Waals surface area contributed by atoms with Gasteiger partial charge in [-0.15, -0.1) is 0 Å². The van der Waals surface area contributed by atoms with Gasteiger partial charge in [-0.25, -0.2) is 18.6 Å². The van der Waals surface area contributed by atoms with Crippen molar-refractivity contribution in [2.75, 3.05) is 0 Å². The van der Waals surface area contributed by atoms with Crippen LogP contribution < -0.4 is 0 Å². The third kappa shape index (κ3) is 3.42. The number of rotatable bonds is 2. The molecule has 0 spiro atoms. The summed E-state index contributed by atoms with van der Waals surface area (Å²) in [5, 5.41) is -0.0917. The summed E-state index contributed by atoms with van der Waals surface area (Å²) < 4.78 is 32.5. The predicted octanol–water partition coefficient (Wildman–Crippen LogP) is 4.57. The molecule has 3 rings (SSSR count). The third-order valence-corrected chi connectivity index (χ3v) is 4.07. The SMILES string of the molecule is O=C1OC(c2cc(F)c(F)cc2Cl)=NC1=Cc1ccc(I)cc1. The van der Waals surface area contributed by atoms with Gasteiger partial charge in [-0.3, -0.25) is 0 Å². The first-order chi connectivity index (χ1) is 10.9. The molecule has 1 aliphatic rings. The number of aliphatic imine (C=N–C) groups is 1. The minimum absolute atomic E-state index is 0.0185. The van der Waals surface area contributed by atoms with E-state index in [0.717, 1.165) is 21.3 Å². The maximum atomic E-state index is 13.3. The number of hydrogen-bond acceptors (Lipinski definition) is 3. The topological polar surface area (TPSA) is 38.7 Å². The highest BCUT2D eigenvalue weighted by Crippen LogP contribution is 2.26. The Kier molecular flexibility index (Phi) is 4.45. The van der Waals surface area contributed by atoms with Crippen LogP contribution in [-0.2, 0) is 9.53 Å². The van der Waals surface area contributed by atoms with Crippen LogP contribution in [0.15, 0.2) is 47.1 Å². The molecule has 1 aliphatic heterocycles. The Morgan fingerprint density at radius 3 is 2.48 bits per heavy atom. The van der Waals surface area contributed by atoms with Crippen molar-refractivity contribution in [3.8, 4) is 0 Å². The molecule has 0 radical (unpaired) electrons. The Labute approximate surface area is 148 Å². The first kappa shape index (κ1) is 16.1. The molecule has 0 unspecified atom stereocenters. The van der Waals surface area contributed by atoms with E-state index in [2.05, 4.69) is 27.6 Å². The van der Waals surface area contributed by atoms with Gasteiger partial charge in [0.1, 0.15) is 0 Å². The van der Waals surface area contributed by atoms with Gasteiger partial charge in [-0.1, -0.05) is 23.7 Å². The van der Waals surface area contributed by atoms with Gasteiger partial charge in [-0.05, 0) is 58.5 Å². The minimum atomic E-state index is -1.10.